The first-order chi connectivity index (χ1) is 16.0. The Balaban J connectivity index is 1.78. The summed E-state index contributed by atoms with van der Waals surface area (Å²) in [5, 5.41) is 3.05. The van der Waals surface area contributed by atoms with E-state index in [4.69, 9.17) is 0 Å². The number of nitrogens with zero attached hydrogens (tertiary/aromatic N) is 5. The number of hydrogen-bond acceptors (Lipinski definition) is 6. The van der Waals surface area contributed by atoms with E-state index in [0.29, 0.717) is 23.4 Å². The normalized spacial score (nSPS) is 12.4. The van der Waals surface area contributed by atoms with E-state index in [-0.39, 0.29) is 16.7 Å². The molecule has 166 valence electrons. The first-order valence-corrected chi connectivity index (χ1v) is 10.0. The van der Waals surface area contributed by atoms with Crippen molar-refractivity contribution in [2.75, 3.05) is 5.32 Å². The summed E-state index contributed by atoms with van der Waals surface area (Å²) in [5.41, 5.74) is -0.265. The molecule has 0 aliphatic rings. The van der Waals surface area contributed by atoms with Crippen LogP contribution in [0.15, 0.2) is 53.8 Å². The summed E-state index contributed by atoms with van der Waals surface area (Å²) in [6.45, 7) is 1.81. The largest absolute Gasteiger partial charge is 0.358 e. The molecular formula is C22H16F3N7O. The van der Waals surface area contributed by atoms with Crippen molar-refractivity contribution >= 4 is 27.9 Å². The standard InChI is InChI=1S/C22H16F3N7O/c1-2-15(30-20-17-19(27-9-26-17)28-10-29-20)21-31-16-7-6-11(23)8-12(16)22(33)32(21)18-13(24)4-3-5-14(18)25/h3-10,15H,2H2,1H3,(H2,26,27,28,29,30). The van der Waals surface area contributed by atoms with Crippen molar-refractivity contribution in [3.05, 3.63) is 82.7 Å². The Bertz CT molecular complexity index is 1540. The van der Waals surface area contributed by atoms with Crippen LogP contribution in [0.25, 0.3) is 27.8 Å². The fourth-order valence-electron chi connectivity index (χ4n) is 3.71. The van der Waals surface area contributed by atoms with Gasteiger partial charge in [-0.25, -0.2) is 33.1 Å². The summed E-state index contributed by atoms with van der Waals surface area (Å²) in [6, 6.07) is 6.07. The Morgan fingerprint density at radius 3 is 2.64 bits per heavy atom. The second kappa shape index (κ2) is 8.01. The highest BCUT2D eigenvalue weighted by atomic mass is 19.1. The second-order valence-electron chi connectivity index (χ2n) is 7.27. The number of benzene rings is 2. The number of fused-ring (bicyclic) bond motifs is 2. The summed E-state index contributed by atoms with van der Waals surface area (Å²) >= 11 is 0. The molecule has 3 aromatic heterocycles. The van der Waals surface area contributed by atoms with E-state index >= 15 is 0 Å². The van der Waals surface area contributed by atoms with Gasteiger partial charge in [0.1, 0.15) is 40.8 Å². The van der Waals surface area contributed by atoms with Crippen molar-refractivity contribution in [2.45, 2.75) is 19.4 Å². The Hall–Kier alpha value is -4.28. The summed E-state index contributed by atoms with van der Waals surface area (Å²) in [5.74, 6) is -2.19. The summed E-state index contributed by atoms with van der Waals surface area (Å²) in [7, 11) is 0. The topological polar surface area (TPSA) is 101 Å². The molecule has 0 amide bonds. The van der Waals surface area contributed by atoms with Crippen LogP contribution in [0.2, 0.25) is 0 Å². The molecule has 5 aromatic rings. The van der Waals surface area contributed by atoms with Gasteiger partial charge in [0, 0.05) is 0 Å². The van der Waals surface area contributed by atoms with Crippen molar-refractivity contribution in [2.24, 2.45) is 0 Å². The average molecular weight is 451 g/mol. The molecule has 1 atom stereocenters. The fraction of sp³-hybridized carbons (Fsp3) is 0.136. The van der Waals surface area contributed by atoms with Crippen LogP contribution in [-0.4, -0.2) is 29.5 Å². The first kappa shape index (κ1) is 20.6. The van der Waals surface area contributed by atoms with Crippen LogP contribution in [0.1, 0.15) is 25.2 Å². The van der Waals surface area contributed by atoms with Crippen molar-refractivity contribution in [3.63, 3.8) is 0 Å². The van der Waals surface area contributed by atoms with E-state index in [1.165, 1.54) is 30.9 Å². The van der Waals surface area contributed by atoms with Crippen molar-refractivity contribution in [1.82, 2.24) is 29.5 Å². The van der Waals surface area contributed by atoms with Gasteiger partial charge in [0.2, 0.25) is 0 Å². The van der Waals surface area contributed by atoms with Crippen molar-refractivity contribution in [1.29, 1.82) is 0 Å². The van der Waals surface area contributed by atoms with Crippen LogP contribution < -0.4 is 10.9 Å². The number of imidazole rings is 1. The zero-order valence-corrected chi connectivity index (χ0v) is 17.2. The highest BCUT2D eigenvalue weighted by Crippen LogP contribution is 2.27. The molecular weight excluding hydrogens is 435 g/mol. The molecule has 3 heterocycles. The SMILES string of the molecule is CCC(Nc1ncnc2[nH]cnc12)c1nc2ccc(F)cc2c(=O)n1-c1c(F)cccc1F. The van der Waals surface area contributed by atoms with Crippen LogP contribution in [0.4, 0.5) is 19.0 Å². The maximum atomic E-state index is 14.8. The van der Waals surface area contributed by atoms with E-state index in [1.54, 1.807) is 0 Å². The molecule has 33 heavy (non-hydrogen) atoms. The maximum absolute atomic E-state index is 14.8. The lowest BCUT2D eigenvalue weighted by atomic mass is 10.1. The fourth-order valence-corrected chi connectivity index (χ4v) is 3.71. The Morgan fingerprint density at radius 1 is 1.09 bits per heavy atom. The van der Waals surface area contributed by atoms with E-state index < -0.39 is 34.7 Å². The van der Waals surface area contributed by atoms with E-state index in [2.05, 4.69) is 30.2 Å². The second-order valence-corrected chi connectivity index (χ2v) is 7.27. The van der Waals surface area contributed by atoms with Gasteiger partial charge in [-0.15, -0.1) is 0 Å². The van der Waals surface area contributed by atoms with Crippen LogP contribution >= 0.6 is 0 Å². The zero-order chi connectivity index (χ0) is 23.1. The van der Waals surface area contributed by atoms with E-state index in [9.17, 15) is 18.0 Å². The number of aromatic nitrogens is 6. The Labute approximate surface area is 184 Å². The van der Waals surface area contributed by atoms with Crippen molar-refractivity contribution < 1.29 is 13.2 Å². The van der Waals surface area contributed by atoms with Crippen LogP contribution in [0.3, 0.4) is 0 Å². The third-order valence-electron chi connectivity index (χ3n) is 5.27. The molecule has 0 fully saturated rings. The number of hydrogen-bond donors (Lipinski definition) is 2. The molecule has 8 nitrogen and oxygen atoms in total. The van der Waals surface area contributed by atoms with Crippen molar-refractivity contribution in [3.8, 4) is 5.69 Å². The minimum absolute atomic E-state index is 0.0351. The van der Waals surface area contributed by atoms with Crippen LogP contribution in [0.5, 0.6) is 0 Å². The predicted molar refractivity (Wildman–Crippen MR) is 116 cm³/mol. The lowest BCUT2D eigenvalue weighted by molar-refractivity contribution is 0.553. The quantitative estimate of drug-likeness (QED) is 0.418. The van der Waals surface area contributed by atoms with Gasteiger partial charge in [0.05, 0.1) is 23.3 Å². The molecule has 11 heteroatoms. The molecule has 5 rings (SSSR count). The van der Waals surface area contributed by atoms with Gasteiger partial charge < -0.3 is 10.3 Å². The summed E-state index contributed by atoms with van der Waals surface area (Å²) < 4.78 is 44.3. The van der Waals surface area contributed by atoms with Gasteiger partial charge in [-0.05, 0) is 36.8 Å². The maximum Gasteiger partial charge on any atom is 0.266 e. The minimum Gasteiger partial charge on any atom is -0.358 e. The molecule has 0 saturated carbocycles. The zero-order valence-electron chi connectivity index (χ0n) is 17.2. The number of aromatic amines is 1. The minimum atomic E-state index is -0.956. The molecule has 0 radical (unpaired) electrons. The van der Waals surface area contributed by atoms with Gasteiger partial charge in [-0.1, -0.05) is 13.0 Å². The lowest BCUT2D eigenvalue weighted by Crippen LogP contribution is -2.29. The molecule has 0 bridgehead atoms. The number of rotatable bonds is 5. The third-order valence-corrected chi connectivity index (χ3v) is 5.27. The molecule has 2 aromatic carbocycles. The number of H-pyrrole nitrogens is 1. The summed E-state index contributed by atoms with van der Waals surface area (Å²) in [4.78, 5) is 33.3. The molecule has 0 aliphatic heterocycles. The van der Waals surface area contributed by atoms with Gasteiger partial charge in [-0.2, -0.15) is 0 Å². The monoisotopic (exact) mass is 451 g/mol. The Morgan fingerprint density at radius 2 is 1.88 bits per heavy atom. The van der Waals surface area contributed by atoms with Crippen LogP contribution in [-0.2, 0) is 0 Å². The lowest BCUT2D eigenvalue weighted by Gasteiger charge is -2.22. The van der Waals surface area contributed by atoms with E-state index in [0.717, 1.165) is 22.8 Å². The van der Waals surface area contributed by atoms with Gasteiger partial charge in [0.25, 0.3) is 5.56 Å². The molecule has 0 spiro atoms. The number of para-hydroxylation sites is 1. The number of halogens is 3. The van der Waals surface area contributed by atoms with Gasteiger partial charge >= 0.3 is 0 Å². The smallest absolute Gasteiger partial charge is 0.266 e. The molecule has 1 unspecified atom stereocenters. The first-order valence-electron chi connectivity index (χ1n) is 10.0. The van der Waals surface area contributed by atoms with Gasteiger partial charge in [0.15, 0.2) is 11.5 Å². The molecule has 0 saturated heterocycles. The predicted octanol–water partition coefficient (Wildman–Crippen LogP) is 4.03. The summed E-state index contributed by atoms with van der Waals surface area (Å²) in [6.07, 6.45) is 3.15. The van der Waals surface area contributed by atoms with Gasteiger partial charge in [-0.3, -0.25) is 9.36 Å². The van der Waals surface area contributed by atoms with E-state index in [1.807, 2.05) is 6.92 Å². The highest BCUT2D eigenvalue weighted by Gasteiger charge is 2.25. The third kappa shape index (κ3) is 3.47. The highest BCUT2D eigenvalue weighted by molar-refractivity contribution is 5.82. The molecule has 0 aliphatic carbocycles. The van der Waals surface area contributed by atoms with Crippen LogP contribution in [0, 0.1) is 17.5 Å². The number of anilines is 1. The molecule has 2 N–H and O–H groups in total. The Kier molecular flexibility index (Phi) is 5.00. The average Bonchev–Trinajstić information content (AvgIpc) is 3.29. The number of nitrogens with one attached hydrogen (secondary N) is 2.